The van der Waals surface area contributed by atoms with Gasteiger partial charge >= 0.3 is 0 Å². The van der Waals surface area contributed by atoms with Gasteiger partial charge in [-0.2, -0.15) is 0 Å². The molecule has 2 nitrogen and oxygen atoms in total. The van der Waals surface area contributed by atoms with Gasteiger partial charge in [0.1, 0.15) is 5.76 Å². The maximum Gasteiger partial charge on any atom is 0.173 e. The molecule has 0 atom stereocenters. The molecule has 2 heteroatoms. The highest BCUT2D eigenvalue weighted by atomic mass is 16.4. The average molecular weight is 250 g/mol. The molecule has 0 aliphatic carbocycles. The van der Waals surface area contributed by atoms with E-state index in [1.807, 2.05) is 60.7 Å². The van der Waals surface area contributed by atoms with E-state index in [-0.39, 0.29) is 0 Å². The fourth-order valence-corrected chi connectivity index (χ4v) is 2.29. The minimum atomic E-state index is -1.26. The first kappa shape index (κ1) is 11.8. The summed E-state index contributed by atoms with van der Waals surface area (Å²) in [5.74, 6) is 0.518. The van der Waals surface area contributed by atoms with Crippen LogP contribution in [0.25, 0.3) is 0 Å². The zero-order chi connectivity index (χ0) is 13.1. The molecule has 94 valence electrons. The van der Waals surface area contributed by atoms with E-state index in [2.05, 4.69) is 0 Å². The average Bonchev–Trinajstić information content (AvgIpc) is 3.03. The number of benzene rings is 2. The lowest BCUT2D eigenvalue weighted by atomic mass is 9.84. The Hall–Kier alpha value is -2.32. The minimum Gasteiger partial charge on any atom is -0.466 e. The van der Waals surface area contributed by atoms with Gasteiger partial charge in [-0.25, -0.2) is 0 Å². The Morgan fingerprint density at radius 1 is 0.684 bits per heavy atom. The zero-order valence-electron chi connectivity index (χ0n) is 10.4. The van der Waals surface area contributed by atoms with E-state index in [0.29, 0.717) is 5.76 Å². The number of rotatable bonds is 3. The summed E-state index contributed by atoms with van der Waals surface area (Å²) >= 11 is 0. The van der Waals surface area contributed by atoms with Crippen molar-refractivity contribution in [3.63, 3.8) is 0 Å². The van der Waals surface area contributed by atoms with Crippen LogP contribution in [0.3, 0.4) is 0 Å². The smallest absolute Gasteiger partial charge is 0.173 e. The van der Waals surface area contributed by atoms with E-state index in [1.54, 1.807) is 18.4 Å². The molecule has 0 amide bonds. The van der Waals surface area contributed by atoms with Crippen molar-refractivity contribution in [2.45, 2.75) is 5.60 Å². The fourth-order valence-electron chi connectivity index (χ4n) is 2.29. The first-order chi connectivity index (χ1) is 9.32. The van der Waals surface area contributed by atoms with Crippen LogP contribution in [0.15, 0.2) is 83.5 Å². The molecule has 19 heavy (non-hydrogen) atoms. The van der Waals surface area contributed by atoms with Crippen LogP contribution in [0.4, 0.5) is 0 Å². The quantitative estimate of drug-likeness (QED) is 0.771. The van der Waals surface area contributed by atoms with Crippen molar-refractivity contribution in [1.29, 1.82) is 0 Å². The third-order valence-corrected chi connectivity index (χ3v) is 3.26. The van der Waals surface area contributed by atoms with Gasteiger partial charge in [0, 0.05) is 0 Å². The Labute approximate surface area is 111 Å². The molecule has 0 saturated heterocycles. The molecule has 0 radical (unpaired) electrons. The second kappa shape index (κ2) is 4.75. The first-order valence-corrected chi connectivity index (χ1v) is 6.19. The van der Waals surface area contributed by atoms with Crippen molar-refractivity contribution in [3.8, 4) is 0 Å². The maximum atomic E-state index is 11.2. The van der Waals surface area contributed by atoms with Crippen molar-refractivity contribution in [2.75, 3.05) is 0 Å². The van der Waals surface area contributed by atoms with Gasteiger partial charge in [-0.15, -0.1) is 0 Å². The predicted octanol–water partition coefficient (Wildman–Crippen LogP) is 3.56. The molecule has 0 aliphatic heterocycles. The lowest BCUT2D eigenvalue weighted by molar-refractivity contribution is 0.0990. The first-order valence-electron chi connectivity index (χ1n) is 6.19. The highest BCUT2D eigenvalue weighted by molar-refractivity contribution is 5.43. The third kappa shape index (κ3) is 1.96. The number of hydrogen-bond donors (Lipinski definition) is 1. The van der Waals surface area contributed by atoms with E-state index in [9.17, 15) is 5.11 Å². The van der Waals surface area contributed by atoms with Crippen molar-refractivity contribution in [3.05, 3.63) is 95.9 Å². The van der Waals surface area contributed by atoms with Crippen molar-refractivity contribution in [1.82, 2.24) is 0 Å². The van der Waals surface area contributed by atoms with Gasteiger partial charge in [-0.1, -0.05) is 60.7 Å². The van der Waals surface area contributed by atoms with Gasteiger partial charge in [0.15, 0.2) is 5.60 Å². The molecule has 3 rings (SSSR count). The Morgan fingerprint density at radius 3 is 1.63 bits per heavy atom. The maximum absolute atomic E-state index is 11.2. The van der Waals surface area contributed by atoms with Crippen LogP contribution in [0.1, 0.15) is 16.9 Å². The van der Waals surface area contributed by atoms with Crippen LogP contribution >= 0.6 is 0 Å². The number of aliphatic hydroxyl groups is 1. The highest BCUT2D eigenvalue weighted by Gasteiger charge is 2.36. The number of hydrogen-bond acceptors (Lipinski definition) is 2. The normalized spacial score (nSPS) is 11.4. The molecule has 0 bridgehead atoms. The Balaban J connectivity index is 2.23. The van der Waals surface area contributed by atoms with Crippen LogP contribution in [-0.2, 0) is 5.60 Å². The lowest BCUT2D eigenvalue weighted by Gasteiger charge is -2.27. The van der Waals surface area contributed by atoms with Crippen LogP contribution in [-0.4, -0.2) is 5.11 Å². The van der Waals surface area contributed by atoms with E-state index in [1.165, 1.54) is 0 Å². The molecule has 0 spiro atoms. The summed E-state index contributed by atoms with van der Waals surface area (Å²) in [5, 5.41) is 11.2. The number of furan rings is 1. The molecule has 0 saturated carbocycles. The Morgan fingerprint density at radius 2 is 1.21 bits per heavy atom. The van der Waals surface area contributed by atoms with Crippen molar-refractivity contribution >= 4 is 0 Å². The Kier molecular flexibility index (Phi) is 2.94. The SMILES string of the molecule is OC(c1ccccc1)(c1ccccc1)c1ccco1. The van der Waals surface area contributed by atoms with Crippen molar-refractivity contribution in [2.24, 2.45) is 0 Å². The summed E-state index contributed by atoms with van der Waals surface area (Å²) in [7, 11) is 0. The molecule has 0 unspecified atom stereocenters. The molecule has 0 aliphatic rings. The van der Waals surface area contributed by atoms with E-state index >= 15 is 0 Å². The van der Waals surface area contributed by atoms with E-state index in [0.717, 1.165) is 11.1 Å². The van der Waals surface area contributed by atoms with Crippen LogP contribution in [0.5, 0.6) is 0 Å². The minimum absolute atomic E-state index is 0.518. The van der Waals surface area contributed by atoms with Crippen molar-refractivity contribution < 1.29 is 9.52 Å². The molecule has 0 fully saturated rings. The summed E-state index contributed by atoms with van der Waals surface area (Å²) in [6, 6.07) is 22.7. The fraction of sp³-hybridized carbons (Fsp3) is 0.0588. The van der Waals surface area contributed by atoms with Crippen LogP contribution in [0.2, 0.25) is 0 Å². The molecule has 1 N–H and O–H groups in total. The summed E-state index contributed by atoms with van der Waals surface area (Å²) in [5.41, 5.74) is 0.318. The summed E-state index contributed by atoms with van der Waals surface area (Å²) in [6.07, 6.45) is 1.58. The monoisotopic (exact) mass is 250 g/mol. The second-order valence-corrected chi connectivity index (χ2v) is 4.42. The Bertz CT molecular complexity index is 588. The van der Waals surface area contributed by atoms with Crippen LogP contribution < -0.4 is 0 Å². The topological polar surface area (TPSA) is 33.4 Å². The van der Waals surface area contributed by atoms with Gasteiger partial charge < -0.3 is 9.52 Å². The van der Waals surface area contributed by atoms with Gasteiger partial charge in [0.05, 0.1) is 6.26 Å². The second-order valence-electron chi connectivity index (χ2n) is 4.42. The van der Waals surface area contributed by atoms with Gasteiger partial charge in [-0.05, 0) is 23.3 Å². The van der Waals surface area contributed by atoms with E-state index in [4.69, 9.17) is 4.42 Å². The third-order valence-electron chi connectivity index (χ3n) is 3.26. The summed E-state index contributed by atoms with van der Waals surface area (Å²) < 4.78 is 5.46. The molecule has 1 heterocycles. The molecule has 2 aromatic carbocycles. The van der Waals surface area contributed by atoms with E-state index < -0.39 is 5.60 Å². The lowest BCUT2D eigenvalue weighted by Crippen LogP contribution is -2.28. The molecule has 3 aromatic rings. The molecule has 1 aromatic heterocycles. The van der Waals surface area contributed by atoms with Gasteiger partial charge in [-0.3, -0.25) is 0 Å². The zero-order valence-corrected chi connectivity index (χ0v) is 10.4. The van der Waals surface area contributed by atoms with Gasteiger partial charge in [0.25, 0.3) is 0 Å². The van der Waals surface area contributed by atoms with Crippen LogP contribution in [0, 0.1) is 0 Å². The van der Waals surface area contributed by atoms with Gasteiger partial charge in [0.2, 0.25) is 0 Å². The summed E-state index contributed by atoms with van der Waals surface area (Å²) in [6.45, 7) is 0. The summed E-state index contributed by atoms with van der Waals surface area (Å²) in [4.78, 5) is 0. The largest absolute Gasteiger partial charge is 0.466 e. The molecular formula is C17H14O2. The molecular weight excluding hydrogens is 236 g/mol. The standard InChI is InChI=1S/C17H14O2/c18-17(16-12-7-13-19-16,14-8-3-1-4-9-14)15-10-5-2-6-11-15/h1-13,18H. The highest BCUT2D eigenvalue weighted by Crippen LogP contribution is 2.36. The predicted molar refractivity (Wildman–Crippen MR) is 73.7 cm³/mol.